The molecule has 84 valence electrons. The molecule has 0 unspecified atom stereocenters. The van der Waals surface area contributed by atoms with Gasteiger partial charge in [-0.2, -0.15) is 5.10 Å². The lowest BCUT2D eigenvalue weighted by Crippen LogP contribution is -2.04. The monoisotopic (exact) mass is 223 g/mol. The third kappa shape index (κ3) is 2.09. The number of hydrogen-bond acceptors (Lipinski definition) is 2. The van der Waals surface area contributed by atoms with E-state index in [1.165, 1.54) is 6.07 Å². The minimum Gasteiger partial charge on any atom is -0.314 e. The first-order valence-corrected chi connectivity index (χ1v) is 4.85. The van der Waals surface area contributed by atoms with Crippen LogP contribution in [-0.4, -0.2) is 17.2 Å². The van der Waals surface area contributed by atoms with Crippen LogP contribution in [0.5, 0.6) is 0 Å². The van der Waals surface area contributed by atoms with E-state index in [1.54, 1.807) is 6.07 Å². The molecule has 0 aliphatic rings. The lowest BCUT2D eigenvalue weighted by Gasteiger charge is -1.97. The summed E-state index contributed by atoms with van der Waals surface area (Å²) in [5.41, 5.74) is 2.05. The summed E-state index contributed by atoms with van der Waals surface area (Å²) in [6.45, 7) is 0.649. The Bertz CT molecular complexity index is 494. The average molecular weight is 223 g/mol. The minimum absolute atomic E-state index is 0.553. The van der Waals surface area contributed by atoms with Crippen LogP contribution in [0.25, 0.3) is 11.3 Å². The van der Waals surface area contributed by atoms with Gasteiger partial charge in [0.2, 0.25) is 0 Å². The quantitative estimate of drug-likeness (QED) is 0.836. The first-order valence-electron chi connectivity index (χ1n) is 4.85. The number of halogens is 2. The molecule has 0 bridgehead atoms. The zero-order valence-corrected chi connectivity index (χ0v) is 8.72. The molecular weight excluding hydrogens is 212 g/mol. The summed E-state index contributed by atoms with van der Waals surface area (Å²) in [5.74, 6) is -1.72. The maximum Gasteiger partial charge on any atom is 0.159 e. The molecule has 5 heteroatoms. The fourth-order valence-corrected chi connectivity index (χ4v) is 1.45. The highest BCUT2D eigenvalue weighted by Crippen LogP contribution is 2.20. The molecular formula is C11H11F2N3. The second kappa shape index (κ2) is 4.40. The van der Waals surface area contributed by atoms with E-state index in [-0.39, 0.29) is 0 Å². The Hall–Kier alpha value is -1.75. The van der Waals surface area contributed by atoms with Crippen LogP contribution in [0, 0.1) is 11.6 Å². The number of rotatable bonds is 3. The number of nitrogens with zero attached hydrogens (tertiary/aromatic N) is 1. The molecule has 1 aromatic heterocycles. The maximum absolute atomic E-state index is 13.0. The topological polar surface area (TPSA) is 40.7 Å². The Morgan fingerprint density at radius 3 is 2.75 bits per heavy atom. The van der Waals surface area contributed by atoms with Crippen molar-refractivity contribution in [2.24, 2.45) is 0 Å². The molecule has 3 nitrogen and oxygen atoms in total. The van der Waals surface area contributed by atoms with Crippen molar-refractivity contribution in [2.45, 2.75) is 6.54 Å². The molecule has 16 heavy (non-hydrogen) atoms. The maximum atomic E-state index is 13.0. The van der Waals surface area contributed by atoms with Gasteiger partial charge in [0.25, 0.3) is 0 Å². The number of aromatic nitrogens is 2. The minimum atomic E-state index is -0.865. The second-order valence-electron chi connectivity index (χ2n) is 3.44. The summed E-state index contributed by atoms with van der Waals surface area (Å²) >= 11 is 0. The Labute approximate surface area is 91.5 Å². The molecule has 2 rings (SSSR count). The van der Waals surface area contributed by atoms with Crippen LogP contribution in [0.15, 0.2) is 24.3 Å². The van der Waals surface area contributed by atoms with Crippen molar-refractivity contribution in [3.63, 3.8) is 0 Å². The number of H-pyrrole nitrogens is 1. The van der Waals surface area contributed by atoms with E-state index < -0.39 is 11.6 Å². The molecule has 1 heterocycles. The number of benzene rings is 1. The van der Waals surface area contributed by atoms with Gasteiger partial charge in [0.1, 0.15) is 0 Å². The van der Waals surface area contributed by atoms with Crippen molar-refractivity contribution in [3.05, 3.63) is 41.6 Å². The molecule has 2 N–H and O–H groups in total. The van der Waals surface area contributed by atoms with Crippen LogP contribution >= 0.6 is 0 Å². The van der Waals surface area contributed by atoms with Crippen LogP contribution in [-0.2, 0) is 6.54 Å². The van der Waals surface area contributed by atoms with Crippen LogP contribution in [0.2, 0.25) is 0 Å². The van der Waals surface area contributed by atoms with Gasteiger partial charge in [0.05, 0.1) is 5.69 Å². The fourth-order valence-electron chi connectivity index (χ4n) is 1.45. The van der Waals surface area contributed by atoms with E-state index in [0.29, 0.717) is 17.8 Å². The normalized spacial score (nSPS) is 10.7. The van der Waals surface area contributed by atoms with Crippen molar-refractivity contribution in [1.29, 1.82) is 0 Å². The third-order valence-corrected chi connectivity index (χ3v) is 2.21. The van der Waals surface area contributed by atoms with Gasteiger partial charge in [-0.1, -0.05) is 0 Å². The Balaban J connectivity index is 2.31. The first-order chi connectivity index (χ1) is 7.70. The van der Waals surface area contributed by atoms with Gasteiger partial charge in [-0.25, -0.2) is 8.78 Å². The summed E-state index contributed by atoms with van der Waals surface area (Å²) in [5, 5.41) is 9.80. The number of aromatic amines is 1. The van der Waals surface area contributed by atoms with E-state index in [0.717, 1.165) is 17.8 Å². The van der Waals surface area contributed by atoms with Gasteiger partial charge >= 0.3 is 0 Å². The zero-order chi connectivity index (χ0) is 11.5. The molecule has 0 aliphatic carbocycles. The Morgan fingerprint density at radius 2 is 2.06 bits per heavy atom. The lowest BCUT2D eigenvalue weighted by molar-refractivity contribution is 0.509. The van der Waals surface area contributed by atoms with E-state index >= 15 is 0 Å². The fraction of sp³-hybridized carbons (Fsp3) is 0.182. The van der Waals surface area contributed by atoms with Gasteiger partial charge in [-0.05, 0) is 31.3 Å². The van der Waals surface area contributed by atoms with Crippen molar-refractivity contribution in [2.75, 3.05) is 7.05 Å². The highest BCUT2D eigenvalue weighted by molar-refractivity contribution is 5.59. The van der Waals surface area contributed by atoms with E-state index in [9.17, 15) is 8.78 Å². The molecule has 1 aromatic carbocycles. The van der Waals surface area contributed by atoms with Crippen LogP contribution in [0.4, 0.5) is 8.78 Å². The van der Waals surface area contributed by atoms with E-state index in [4.69, 9.17) is 0 Å². The molecule has 0 saturated heterocycles. The van der Waals surface area contributed by atoms with Gasteiger partial charge < -0.3 is 5.32 Å². The second-order valence-corrected chi connectivity index (χ2v) is 3.44. The molecule has 2 aromatic rings. The van der Waals surface area contributed by atoms with Crippen molar-refractivity contribution in [3.8, 4) is 11.3 Å². The molecule has 0 saturated carbocycles. The number of hydrogen-bond donors (Lipinski definition) is 2. The standard InChI is InChI=1S/C11H11F2N3/c1-14-6-8-5-11(16-15-8)7-2-3-9(12)10(13)4-7/h2-5,14H,6H2,1H3,(H,15,16). The van der Waals surface area contributed by atoms with Crippen LogP contribution < -0.4 is 5.32 Å². The summed E-state index contributed by atoms with van der Waals surface area (Å²) in [6.07, 6.45) is 0. The van der Waals surface area contributed by atoms with Crippen LogP contribution in [0.3, 0.4) is 0 Å². The number of nitrogens with one attached hydrogen (secondary N) is 2. The zero-order valence-electron chi connectivity index (χ0n) is 8.72. The largest absolute Gasteiger partial charge is 0.314 e. The summed E-state index contributed by atoms with van der Waals surface area (Å²) in [4.78, 5) is 0. The average Bonchev–Trinajstić information content (AvgIpc) is 2.71. The Morgan fingerprint density at radius 1 is 1.25 bits per heavy atom. The van der Waals surface area contributed by atoms with Crippen molar-refractivity contribution >= 4 is 0 Å². The summed E-state index contributed by atoms with van der Waals surface area (Å²) < 4.78 is 25.7. The third-order valence-electron chi connectivity index (χ3n) is 2.21. The van der Waals surface area contributed by atoms with Gasteiger partial charge in [-0.15, -0.1) is 0 Å². The molecule has 0 atom stereocenters. The summed E-state index contributed by atoms with van der Waals surface area (Å²) in [7, 11) is 1.82. The predicted octanol–water partition coefficient (Wildman–Crippen LogP) is 2.07. The van der Waals surface area contributed by atoms with Gasteiger partial charge in [-0.3, -0.25) is 5.10 Å². The lowest BCUT2D eigenvalue weighted by atomic mass is 10.1. The molecule has 0 radical (unpaired) electrons. The molecule has 0 aliphatic heterocycles. The van der Waals surface area contributed by atoms with Crippen molar-refractivity contribution < 1.29 is 8.78 Å². The first kappa shape index (κ1) is 10.8. The van der Waals surface area contributed by atoms with Gasteiger partial charge in [0, 0.05) is 17.8 Å². The van der Waals surface area contributed by atoms with E-state index in [2.05, 4.69) is 15.5 Å². The SMILES string of the molecule is CNCc1cc(-c2ccc(F)c(F)c2)n[nH]1. The summed E-state index contributed by atoms with van der Waals surface area (Å²) in [6, 6.07) is 5.52. The van der Waals surface area contributed by atoms with E-state index in [1.807, 2.05) is 7.05 Å². The smallest absolute Gasteiger partial charge is 0.159 e. The van der Waals surface area contributed by atoms with Crippen LogP contribution in [0.1, 0.15) is 5.69 Å². The van der Waals surface area contributed by atoms with Crippen molar-refractivity contribution in [1.82, 2.24) is 15.5 Å². The molecule has 0 fully saturated rings. The highest BCUT2D eigenvalue weighted by atomic mass is 19.2. The Kier molecular flexibility index (Phi) is 2.96. The predicted molar refractivity (Wildman–Crippen MR) is 56.7 cm³/mol. The van der Waals surface area contributed by atoms with Gasteiger partial charge in [0.15, 0.2) is 11.6 Å². The molecule has 0 amide bonds. The molecule has 0 spiro atoms. The highest BCUT2D eigenvalue weighted by Gasteiger charge is 2.07.